The molecule has 3 N–H and O–H groups in total. The lowest BCUT2D eigenvalue weighted by atomic mass is 10.0. The maximum Gasteiger partial charge on any atom is 0.137 e. The Kier molecular flexibility index (Phi) is 6.48. The normalized spacial score (nSPS) is 18.2. The standard InChI is InChI=1S/C45H32N4OS/c1-2-12-27(13-3-1)43-46-44(48-45(47-43)36-20-11-18-34-32-16-6-9-23-40(32)51-42(34)36)35-19-10-17-33-29-14-4-7-21-37(29)49(41(33)35)28-24-25-31-30-15-5-8-22-38(30)50-39(31)26-28/h1-26,43-48H. The van der Waals surface area contributed by atoms with E-state index in [4.69, 9.17) is 4.42 Å². The second kappa shape index (κ2) is 11.4. The molecule has 0 aliphatic carbocycles. The summed E-state index contributed by atoms with van der Waals surface area (Å²) in [5, 5.41) is 19.3. The minimum absolute atomic E-state index is 0.0907. The molecule has 3 unspecified atom stereocenters. The van der Waals surface area contributed by atoms with E-state index >= 15 is 0 Å². The maximum absolute atomic E-state index is 6.40. The summed E-state index contributed by atoms with van der Waals surface area (Å²) in [5.41, 5.74) is 8.83. The average Bonchev–Trinajstić information content (AvgIpc) is 3.87. The summed E-state index contributed by atoms with van der Waals surface area (Å²) in [6.45, 7) is 0. The van der Waals surface area contributed by atoms with Crippen LogP contribution >= 0.6 is 11.3 Å². The Morgan fingerprint density at radius 1 is 0.471 bits per heavy atom. The molecule has 51 heavy (non-hydrogen) atoms. The molecule has 10 aromatic rings. The molecular formula is C45H32N4OS. The van der Waals surface area contributed by atoms with Crippen molar-refractivity contribution in [1.29, 1.82) is 0 Å². The first kappa shape index (κ1) is 29.0. The van der Waals surface area contributed by atoms with Crippen molar-refractivity contribution >= 4 is 75.3 Å². The number of hydrogen-bond acceptors (Lipinski definition) is 5. The number of furan rings is 1. The van der Waals surface area contributed by atoms with Crippen LogP contribution in [-0.4, -0.2) is 4.57 Å². The van der Waals surface area contributed by atoms with Gasteiger partial charge in [0.2, 0.25) is 0 Å². The summed E-state index contributed by atoms with van der Waals surface area (Å²) >= 11 is 1.87. The minimum Gasteiger partial charge on any atom is -0.456 e. The van der Waals surface area contributed by atoms with Gasteiger partial charge in [-0.15, -0.1) is 11.3 Å². The molecule has 1 fully saturated rings. The van der Waals surface area contributed by atoms with Crippen LogP contribution in [0.1, 0.15) is 35.2 Å². The topological polar surface area (TPSA) is 54.2 Å². The molecule has 0 radical (unpaired) electrons. The number of thiophene rings is 1. The van der Waals surface area contributed by atoms with Gasteiger partial charge in [0.05, 0.1) is 29.5 Å². The minimum atomic E-state index is -0.173. The van der Waals surface area contributed by atoms with E-state index in [-0.39, 0.29) is 18.5 Å². The number of benzene rings is 7. The van der Waals surface area contributed by atoms with E-state index < -0.39 is 0 Å². The SMILES string of the molecule is c1ccc(C2NC(c3cccc4c3sc3ccccc34)NC(c3cccc4c5ccccc5n(-c5ccc6c(c5)oc5ccccc56)c34)N2)cc1. The molecule has 4 heterocycles. The molecule has 1 saturated heterocycles. The number of nitrogens with one attached hydrogen (secondary N) is 3. The Morgan fingerprint density at radius 2 is 1.12 bits per heavy atom. The van der Waals surface area contributed by atoms with Gasteiger partial charge in [0.1, 0.15) is 11.2 Å². The van der Waals surface area contributed by atoms with E-state index in [9.17, 15) is 0 Å². The zero-order valence-corrected chi connectivity index (χ0v) is 28.3. The number of rotatable bonds is 4. The first-order valence-electron chi connectivity index (χ1n) is 17.5. The Bertz CT molecular complexity index is 2940. The molecule has 0 bridgehead atoms. The fraction of sp³-hybridized carbons (Fsp3) is 0.0667. The summed E-state index contributed by atoms with van der Waals surface area (Å²) in [6.07, 6.45) is -0.377. The van der Waals surface area contributed by atoms with E-state index in [1.54, 1.807) is 0 Å². The first-order chi connectivity index (χ1) is 25.3. The molecule has 6 heteroatoms. The van der Waals surface area contributed by atoms with Gasteiger partial charge in [0, 0.05) is 64.6 Å². The van der Waals surface area contributed by atoms with Gasteiger partial charge < -0.3 is 8.98 Å². The highest BCUT2D eigenvalue weighted by Gasteiger charge is 2.33. The number of hydrogen-bond donors (Lipinski definition) is 3. The van der Waals surface area contributed by atoms with Crippen molar-refractivity contribution in [1.82, 2.24) is 20.5 Å². The third-order valence-corrected chi connectivity index (χ3v) is 11.8. The van der Waals surface area contributed by atoms with Crippen LogP contribution in [0.2, 0.25) is 0 Å². The van der Waals surface area contributed by atoms with Crippen LogP contribution in [0.15, 0.2) is 162 Å². The van der Waals surface area contributed by atoms with Crippen molar-refractivity contribution in [2.24, 2.45) is 0 Å². The highest BCUT2D eigenvalue weighted by Crippen LogP contribution is 2.42. The molecule has 0 amide bonds. The monoisotopic (exact) mass is 676 g/mol. The predicted octanol–water partition coefficient (Wildman–Crippen LogP) is 11.2. The van der Waals surface area contributed by atoms with Gasteiger partial charge in [0.25, 0.3) is 0 Å². The van der Waals surface area contributed by atoms with E-state index in [1.165, 1.54) is 53.2 Å². The predicted molar refractivity (Wildman–Crippen MR) is 211 cm³/mol. The molecule has 7 aromatic carbocycles. The Labute approximate surface area is 297 Å². The molecule has 5 nitrogen and oxygen atoms in total. The summed E-state index contributed by atoms with van der Waals surface area (Å²) < 4.78 is 11.4. The largest absolute Gasteiger partial charge is 0.456 e. The van der Waals surface area contributed by atoms with Crippen molar-refractivity contribution < 1.29 is 4.42 Å². The quantitative estimate of drug-likeness (QED) is 0.174. The van der Waals surface area contributed by atoms with Gasteiger partial charge in [-0.05, 0) is 35.9 Å². The molecule has 244 valence electrons. The van der Waals surface area contributed by atoms with Crippen LogP contribution in [0.4, 0.5) is 0 Å². The van der Waals surface area contributed by atoms with Crippen molar-refractivity contribution in [2.45, 2.75) is 18.5 Å². The Morgan fingerprint density at radius 3 is 2.00 bits per heavy atom. The molecule has 11 rings (SSSR count). The van der Waals surface area contributed by atoms with Crippen LogP contribution in [0.5, 0.6) is 0 Å². The van der Waals surface area contributed by atoms with Gasteiger partial charge in [-0.25, -0.2) is 0 Å². The third kappa shape index (κ3) is 4.51. The van der Waals surface area contributed by atoms with Crippen LogP contribution in [0.25, 0.3) is 69.6 Å². The van der Waals surface area contributed by atoms with Crippen molar-refractivity contribution in [3.63, 3.8) is 0 Å². The van der Waals surface area contributed by atoms with Crippen LogP contribution in [0, 0.1) is 0 Å². The van der Waals surface area contributed by atoms with E-state index in [1.807, 2.05) is 23.5 Å². The first-order valence-corrected chi connectivity index (χ1v) is 18.3. The lowest BCUT2D eigenvalue weighted by Gasteiger charge is -2.40. The smallest absolute Gasteiger partial charge is 0.137 e. The molecular weight excluding hydrogens is 645 g/mol. The lowest BCUT2D eigenvalue weighted by Crippen LogP contribution is -2.54. The zero-order chi connectivity index (χ0) is 33.5. The lowest BCUT2D eigenvalue weighted by molar-refractivity contribution is 0.205. The van der Waals surface area contributed by atoms with Crippen molar-refractivity contribution in [3.05, 3.63) is 174 Å². The fourth-order valence-electron chi connectivity index (χ4n) is 8.24. The average molecular weight is 677 g/mol. The van der Waals surface area contributed by atoms with Crippen molar-refractivity contribution in [3.8, 4) is 5.69 Å². The zero-order valence-electron chi connectivity index (χ0n) is 27.5. The third-order valence-electron chi connectivity index (χ3n) is 10.5. The molecule has 1 aliphatic heterocycles. The molecule has 0 saturated carbocycles. The van der Waals surface area contributed by atoms with Gasteiger partial charge in [-0.2, -0.15) is 0 Å². The second-order valence-electron chi connectivity index (χ2n) is 13.4. The number of nitrogens with zero attached hydrogens (tertiary/aromatic N) is 1. The molecule has 0 spiro atoms. The summed E-state index contributed by atoms with van der Waals surface area (Å²) in [6, 6.07) is 56.5. The molecule has 1 aliphatic rings. The summed E-state index contributed by atoms with van der Waals surface area (Å²) in [4.78, 5) is 0. The van der Waals surface area contributed by atoms with E-state index in [0.717, 1.165) is 33.1 Å². The van der Waals surface area contributed by atoms with Gasteiger partial charge in [-0.1, -0.05) is 121 Å². The van der Waals surface area contributed by atoms with Gasteiger partial charge in [0.15, 0.2) is 0 Å². The van der Waals surface area contributed by atoms with Crippen LogP contribution < -0.4 is 16.0 Å². The van der Waals surface area contributed by atoms with Gasteiger partial charge >= 0.3 is 0 Å². The fourth-order valence-corrected chi connectivity index (χ4v) is 9.48. The highest BCUT2D eigenvalue weighted by molar-refractivity contribution is 7.26. The van der Waals surface area contributed by atoms with E-state index in [2.05, 4.69) is 166 Å². The molecule has 3 atom stereocenters. The number of aromatic nitrogens is 1. The second-order valence-corrected chi connectivity index (χ2v) is 14.5. The Balaban J connectivity index is 1.12. The highest BCUT2D eigenvalue weighted by atomic mass is 32.1. The van der Waals surface area contributed by atoms with Crippen LogP contribution in [-0.2, 0) is 0 Å². The summed E-state index contributed by atoms with van der Waals surface area (Å²) in [7, 11) is 0. The molecule has 3 aromatic heterocycles. The van der Waals surface area contributed by atoms with Crippen molar-refractivity contribution in [2.75, 3.05) is 0 Å². The maximum atomic E-state index is 6.40. The summed E-state index contributed by atoms with van der Waals surface area (Å²) in [5.74, 6) is 0. The number of fused-ring (bicyclic) bond motifs is 9. The number of para-hydroxylation sites is 3. The Hall–Kier alpha value is -5.76. The van der Waals surface area contributed by atoms with E-state index in [0.29, 0.717) is 0 Å². The van der Waals surface area contributed by atoms with Gasteiger partial charge in [-0.3, -0.25) is 16.0 Å². The van der Waals surface area contributed by atoms with Crippen LogP contribution in [0.3, 0.4) is 0 Å².